The molecule has 0 saturated carbocycles. The zero-order chi connectivity index (χ0) is 21.8. The normalized spacial score (nSPS) is 14.7. The maximum atomic E-state index is 13.4. The third-order valence-corrected chi connectivity index (χ3v) is 6.93. The molecule has 4 rings (SSSR count). The quantitative estimate of drug-likeness (QED) is 0.642. The summed E-state index contributed by atoms with van der Waals surface area (Å²) in [5.41, 5.74) is 3.13. The van der Waals surface area contributed by atoms with Gasteiger partial charge in [-0.1, -0.05) is 54.6 Å². The van der Waals surface area contributed by atoms with Crippen LogP contribution in [-0.2, 0) is 34.2 Å². The minimum Gasteiger partial charge on any atom is -0.337 e. The van der Waals surface area contributed by atoms with Crippen molar-refractivity contribution < 1.29 is 17.6 Å². The fourth-order valence-corrected chi connectivity index (χ4v) is 4.99. The van der Waals surface area contributed by atoms with Crippen molar-refractivity contribution in [2.24, 2.45) is 0 Å². The first-order valence-corrected chi connectivity index (χ1v) is 11.6. The number of fused-ring (bicyclic) bond motifs is 1. The van der Waals surface area contributed by atoms with E-state index in [9.17, 15) is 17.6 Å². The lowest BCUT2D eigenvalue weighted by Crippen LogP contribution is -2.50. The molecule has 160 valence electrons. The van der Waals surface area contributed by atoms with Crippen molar-refractivity contribution in [3.05, 3.63) is 101 Å². The number of sulfonamides is 1. The van der Waals surface area contributed by atoms with E-state index in [-0.39, 0.29) is 17.2 Å². The van der Waals surface area contributed by atoms with Gasteiger partial charge in [0.05, 0.1) is 4.90 Å². The number of halogens is 1. The Morgan fingerprint density at radius 1 is 0.935 bits per heavy atom. The van der Waals surface area contributed by atoms with Crippen molar-refractivity contribution in [1.29, 1.82) is 0 Å². The van der Waals surface area contributed by atoms with Crippen LogP contribution in [0, 0.1) is 5.82 Å². The van der Waals surface area contributed by atoms with Gasteiger partial charge in [-0.3, -0.25) is 4.79 Å². The predicted octanol–water partition coefficient (Wildman–Crippen LogP) is 3.30. The van der Waals surface area contributed by atoms with Gasteiger partial charge in [-0.15, -0.1) is 0 Å². The maximum absolute atomic E-state index is 13.4. The van der Waals surface area contributed by atoms with Gasteiger partial charge < -0.3 is 4.90 Å². The lowest BCUT2D eigenvalue weighted by molar-refractivity contribution is -0.133. The van der Waals surface area contributed by atoms with Crippen molar-refractivity contribution in [2.75, 3.05) is 6.54 Å². The van der Waals surface area contributed by atoms with E-state index in [0.717, 1.165) is 29.7 Å². The molecule has 1 amide bonds. The molecule has 0 aromatic heterocycles. The van der Waals surface area contributed by atoms with E-state index >= 15 is 0 Å². The maximum Gasteiger partial charge on any atom is 0.241 e. The third kappa shape index (κ3) is 5.00. The largest absolute Gasteiger partial charge is 0.337 e. The number of carbonyl (C=O) groups is 1. The third-order valence-electron chi connectivity index (χ3n) is 5.44. The zero-order valence-electron chi connectivity index (χ0n) is 16.9. The fourth-order valence-electron chi connectivity index (χ4n) is 3.80. The van der Waals surface area contributed by atoms with Crippen LogP contribution in [0.3, 0.4) is 0 Å². The number of benzene rings is 3. The van der Waals surface area contributed by atoms with Crippen LogP contribution in [0.15, 0.2) is 83.8 Å². The Hall–Kier alpha value is -3.03. The highest BCUT2D eigenvalue weighted by molar-refractivity contribution is 7.89. The van der Waals surface area contributed by atoms with Gasteiger partial charge in [-0.2, -0.15) is 4.72 Å². The molecule has 0 aliphatic carbocycles. The van der Waals surface area contributed by atoms with Gasteiger partial charge in [0.25, 0.3) is 0 Å². The van der Waals surface area contributed by atoms with Crippen molar-refractivity contribution in [2.45, 2.75) is 30.3 Å². The summed E-state index contributed by atoms with van der Waals surface area (Å²) in [7, 11) is -4.00. The summed E-state index contributed by atoms with van der Waals surface area (Å²) in [4.78, 5) is 15.0. The molecule has 0 bridgehead atoms. The standard InChI is InChI=1S/C24H23FN2O3S/c25-21-10-12-22(13-11-21)31(29,30)26-23(16-18-6-2-1-3-7-18)24(28)27-15-14-19-8-4-5-9-20(19)17-27/h1-13,23,26H,14-17H2/t23-/m1/s1. The lowest BCUT2D eigenvalue weighted by atomic mass is 9.98. The number of rotatable bonds is 6. The summed E-state index contributed by atoms with van der Waals surface area (Å²) in [5, 5.41) is 0. The molecular weight excluding hydrogens is 415 g/mol. The predicted molar refractivity (Wildman–Crippen MR) is 116 cm³/mol. The molecule has 5 nitrogen and oxygen atoms in total. The molecule has 3 aromatic rings. The van der Waals surface area contributed by atoms with Gasteiger partial charge in [-0.25, -0.2) is 12.8 Å². The van der Waals surface area contributed by atoms with Crippen molar-refractivity contribution >= 4 is 15.9 Å². The van der Waals surface area contributed by atoms with E-state index in [0.29, 0.717) is 13.1 Å². The van der Waals surface area contributed by atoms with E-state index in [4.69, 9.17) is 0 Å². The average Bonchev–Trinajstić information content (AvgIpc) is 2.78. The summed E-state index contributed by atoms with van der Waals surface area (Å²) >= 11 is 0. The first-order chi connectivity index (χ1) is 14.9. The summed E-state index contributed by atoms with van der Waals surface area (Å²) in [6, 6.07) is 20.8. The first kappa shape index (κ1) is 21.2. The summed E-state index contributed by atoms with van der Waals surface area (Å²) in [6.45, 7) is 0.970. The van der Waals surface area contributed by atoms with Gasteiger partial charge in [0.1, 0.15) is 11.9 Å². The molecule has 7 heteroatoms. The second-order valence-corrected chi connectivity index (χ2v) is 9.31. The molecule has 0 radical (unpaired) electrons. The smallest absolute Gasteiger partial charge is 0.241 e. The van der Waals surface area contributed by atoms with Gasteiger partial charge >= 0.3 is 0 Å². The van der Waals surface area contributed by atoms with E-state index in [1.54, 1.807) is 4.90 Å². The summed E-state index contributed by atoms with van der Waals surface area (Å²) < 4.78 is 41.6. The second-order valence-electron chi connectivity index (χ2n) is 7.60. The summed E-state index contributed by atoms with van der Waals surface area (Å²) in [5.74, 6) is -0.799. The highest BCUT2D eigenvalue weighted by Gasteiger charge is 2.31. The molecule has 1 aliphatic heterocycles. The molecule has 0 saturated heterocycles. The fraction of sp³-hybridized carbons (Fsp3) is 0.208. The van der Waals surface area contributed by atoms with Crippen LogP contribution in [0.25, 0.3) is 0 Å². The number of nitrogens with zero attached hydrogens (tertiary/aromatic N) is 1. The Balaban J connectivity index is 1.60. The minimum atomic E-state index is -4.00. The van der Waals surface area contributed by atoms with Gasteiger partial charge in [-0.05, 0) is 53.8 Å². The summed E-state index contributed by atoms with van der Waals surface area (Å²) in [6.07, 6.45) is 0.947. The molecule has 1 heterocycles. The molecule has 3 aromatic carbocycles. The Labute approximate surface area is 181 Å². The Morgan fingerprint density at radius 3 is 2.29 bits per heavy atom. The zero-order valence-corrected chi connectivity index (χ0v) is 17.7. The van der Waals surface area contributed by atoms with Crippen LogP contribution < -0.4 is 4.72 Å². The number of amides is 1. The SMILES string of the molecule is O=C([C@@H](Cc1ccccc1)NS(=O)(=O)c1ccc(F)cc1)N1CCc2ccccc2C1. The number of hydrogen-bond donors (Lipinski definition) is 1. The average molecular weight is 439 g/mol. The molecule has 0 unspecified atom stereocenters. The molecular formula is C24H23FN2O3S. The minimum absolute atomic E-state index is 0.0799. The Morgan fingerprint density at radius 2 is 1.58 bits per heavy atom. The van der Waals surface area contributed by atoms with Crippen LogP contribution in [-0.4, -0.2) is 31.8 Å². The number of carbonyl (C=O) groups excluding carboxylic acids is 1. The van der Waals surface area contributed by atoms with Crippen molar-refractivity contribution in [3.8, 4) is 0 Å². The van der Waals surface area contributed by atoms with E-state index in [2.05, 4.69) is 10.8 Å². The first-order valence-electron chi connectivity index (χ1n) is 10.1. The van der Waals surface area contributed by atoms with Crippen molar-refractivity contribution in [1.82, 2.24) is 9.62 Å². The van der Waals surface area contributed by atoms with Crippen molar-refractivity contribution in [3.63, 3.8) is 0 Å². The molecule has 1 aliphatic rings. The molecule has 0 fully saturated rings. The highest BCUT2D eigenvalue weighted by atomic mass is 32.2. The van der Waals surface area contributed by atoms with Crippen LogP contribution in [0.2, 0.25) is 0 Å². The molecule has 0 spiro atoms. The molecule has 31 heavy (non-hydrogen) atoms. The van der Waals surface area contributed by atoms with Crippen LogP contribution >= 0.6 is 0 Å². The topological polar surface area (TPSA) is 66.5 Å². The molecule has 1 N–H and O–H groups in total. The second kappa shape index (κ2) is 8.99. The Kier molecular flexibility index (Phi) is 6.15. The highest BCUT2D eigenvalue weighted by Crippen LogP contribution is 2.20. The van der Waals surface area contributed by atoms with Gasteiger partial charge in [0.2, 0.25) is 15.9 Å². The van der Waals surface area contributed by atoms with Crippen LogP contribution in [0.4, 0.5) is 4.39 Å². The van der Waals surface area contributed by atoms with E-state index in [1.165, 1.54) is 17.7 Å². The van der Waals surface area contributed by atoms with E-state index in [1.807, 2.05) is 48.5 Å². The Bertz CT molecular complexity index is 1160. The molecule has 1 atom stereocenters. The number of hydrogen-bond acceptors (Lipinski definition) is 3. The lowest BCUT2D eigenvalue weighted by Gasteiger charge is -2.32. The van der Waals surface area contributed by atoms with E-state index < -0.39 is 21.9 Å². The van der Waals surface area contributed by atoms with Crippen LogP contribution in [0.5, 0.6) is 0 Å². The van der Waals surface area contributed by atoms with Crippen LogP contribution in [0.1, 0.15) is 16.7 Å². The monoisotopic (exact) mass is 438 g/mol. The van der Waals surface area contributed by atoms with Gasteiger partial charge in [0.15, 0.2) is 0 Å². The number of nitrogens with one attached hydrogen (secondary N) is 1. The van der Waals surface area contributed by atoms with Gasteiger partial charge in [0, 0.05) is 13.1 Å².